The van der Waals surface area contributed by atoms with Crippen LogP contribution in [-0.2, 0) is 6.54 Å². The summed E-state index contributed by atoms with van der Waals surface area (Å²) < 4.78 is 1.89. The molecule has 1 aromatic heterocycles. The fraction of sp³-hybridized carbons (Fsp3) is 0.818. The van der Waals surface area contributed by atoms with Crippen molar-refractivity contribution < 1.29 is 0 Å². The number of nitrogens with one attached hydrogen (secondary N) is 1. The lowest BCUT2D eigenvalue weighted by atomic mass is 10.1. The monoisotopic (exact) mass is 223 g/mol. The Balaban J connectivity index is 1.75. The van der Waals surface area contributed by atoms with Crippen molar-refractivity contribution >= 4 is 0 Å². The van der Waals surface area contributed by atoms with E-state index in [1.54, 1.807) is 12.7 Å². The van der Waals surface area contributed by atoms with Crippen molar-refractivity contribution in [1.82, 2.24) is 25.0 Å². The second kappa shape index (κ2) is 5.96. The number of rotatable bonds is 4. The summed E-state index contributed by atoms with van der Waals surface area (Å²) >= 11 is 0. The third kappa shape index (κ3) is 3.28. The average molecular weight is 223 g/mol. The summed E-state index contributed by atoms with van der Waals surface area (Å²) in [5, 5.41) is 7.57. The van der Waals surface area contributed by atoms with Crippen molar-refractivity contribution in [3.05, 3.63) is 12.7 Å². The van der Waals surface area contributed by atoms with Gasteiger partial charge in [0, 0.05) is 12.6 Å². The van der Waals surface area contributed by atoms with Crippen LogP contribution in [0.1, 0.15) is 19.3 Å². The molecule has 0 saturated carbocycles. The molecule has 5 nitrogen and oxygen atoms in total. The standard InChI is InChI=1S/C11H21N5/c1-15(7-8-16-10-13-9-14-16)11-3-2-5-12-6-4-11/h9-12H,2-8H2,1H3. The highest BCUT2D eigenvalue weighted by Crippen LogP contribution is 2.11. The Morgan fingerprint density at radius 2 is 2.38 bits per heavy atom. The Morgan fingerprint density at radius 3 is 3.19 bits per heavy atom. The molecule has 0 bridgehead atoms. The molecule has 1 saturated heterocycles. The molecule has 0 spiro atoms. The lowest BCUT2D eigenvalue weighted by Crippen LogP contribution is -2.35. The summed E-state index contributed by atoms with van der Waals surface area (Å²) in [6, 6.07) is 0.721. The second-order valence-electron chi connectivity index (χ2n) is 4.47. The molecule has 0 aliphatic carbocycles. The van der Waals surface area contributed by atoms with E-state index in [-0.39, 0.29) is 0 Å². The molecule has 2 heterocycles. The first-order valence-corrected chi connectivity index (χ1v) is 6.09. The summed E-state index contributed by atoms with van der Waals surface area (Å²) in [5.41, 5.74) is 0. The zero-order valence-corrected chi connectivity index (χ0v) is 9.97. The maximum Gasteiger partial charge on any atom is 0.137 e. The van der Waals surface area contributed by atoms with Crippen LogP contribution in [0.3, 0.4) is 0 Å². The minimum atomic E-state index is 0.721. The molecule has 5 heteroatoms. The van der Waals surface area contributed by atoms with Crippen molar-refractivity contribution in [1.29, 1.82) is 0 Å². The first kappa shape index (κ1) is 11.5. The van der Waals surface area contributed by atoms with Crippen molar-refractivity contribution in [2.45, 2.75) is 31.8 Å². The summed E-state index contributed by atoms with van der Waals surface area (Å²) in [6.45, 7) is 4.31. The first-order chi connectivity index (χ1) is 7.86. The van der Waals surface area contributed by atoms with Gasteiger partial charge in [-0.25, -0.2) is 4.98 Å². The van der Waals surface area contributed by atoms with E-state index in [0.29, 0.717) is 0 Å². The van der Waals surface area contributed by atoms with Crippen LogP contribution in [0.5, 0.6) is 0 Å². The molecule has 1 aromatic rings. The van der Waals surface area contributed by atoms with Crippen LogP contribution in [-0.4, -0.2) is 52.4 Å². The molecule has 0 aromatic carbocycles. The van der Waals surface area contributed by atoms with E-state index in [2.05, 4.69) is 27.3 Å². The molecule has 1 unspecified atom stereocenters. The Bertz CT molecular complexity index is 277. The minimum Gasteiger partial charge on any atom is -0.317 e. The van der Waals surface area contributed by atoms with Crippen LogP contribution in [0.25, 0.3) is 0 Å². The predicted molar refractivity (Wildman–Crippen MR) is 63.2 cm³/mol. The van der Waals surface area contributed by atoms with Crippen LogP contribution in [0, 0.1) is 0 Å². The van der Waals surface area contributed by atoms with Gasteiger partial charge >= 0.3 is 0 Å². The number of aromatic nitrogens is 3. The van der Waals surface area contributed by atoms with Gasteiger partial charge in [0.05, 0.1) is 6.54 Å². The molecule has 1 aliphatic heterocycles. The topological polar surface area (TPSA) is 46.0 Å². The number of hydrogen-bond acceptors (Lipinski definition) is 4. The third-order valence-corrected chi connectivity index (χ3v) is 3.32. The van der Waals surface area contributed by atoms with Gasteiger partial charge in [0.15, 0.2) is 0 Å². The van der Waals surface area contributed by atoms with E-state index < -0.39 is 0 Å². The molecular formula is C11H21N5. The van der Waals surface area contributed by atoms with Gasteiger partial charge in [-0.15, -0.1) is 0 Å². The Morgan fingerprint density at radius 1 is 1.44 bits per heavy atom. The fourth-order valence-electron chi connectivity index (χ4n) is 2.23. The van der Waals surface area contributed by atoms with Gasteiger partial charge in [0.1, 0.15) is 12.7 Å². The summed E-state index contributed by atoms with van der Waals surface area (Å²) in [7, 11) is 2.22. The smallest absolute Gasteiger partial charge is 0.137 e. The first-order valence-electron chi connectivity index (χ1n) is 6.09. The number of hydrogen-bond donors (Lipinski definition) is 1. The maximum absolute atomic E-state index is 4.12. The number of likely N-dealkylation sites (N-methyl/N-ethyl adjacent to an activating group) is 1. The zero-order valence-electron chi connectivity index (χ0n) is 9.97. The molecule has 16 heavy (non-hydrogen) atoms. The summed E-state index contributed by atoms with van der Waals surface area (Å²) in [4.78, 5) is 6.40. The lowest BCUT2D eigenvalue weighted by molar-refractivity contribution is 0.214. The normalized spacial score (nSPS) is 22.2. The van der Waals surface area contributed by atoms with Crippen molar-refractivity contribution in [3.8, 4) is 0 Å². The highest BCUT2D eigenvalue weighted by molar-refractivity contribution is 4.74. The van der Waals surface area contributed by atoms with Gasteiger partial charge in [-0.2, -0.15) is 5.10 Å². The Kier molecular flexibility index (Phi) is 4.30. The molecule has 0 amide bonds. The van der Waals surface area contributed by atoms with Gasteiger partial charge in [-0.1, -0.05) is 0 Å². The molecule has 90 valence electrons. The Hall–Kier alpha value is -0.940. The van der Waals surface area contributed by atoms with Gasteiger partial charge in [0.2, 0.25) is 0 Å². The summed E-state index contributed by atoms with van der Waals surface area (Å²) in [6.07, 6.45) is 7.23. The molecule has 0 radical (unpaired) electrons. The molecule has 1 fully saturated rings. The van der Waals surface area contributed by atoms with Crippen LogP contribution < -0.4 is 5.32 Å². The predicted octanol–water partition coefficient (Wildman–Crippen LogP) is 0.352. The van der Waals surface area contributed by atoms with E-state index in [4.69, 9.17) is 0 Å². The molecule has 2 rings (SSSR count). The second-order valence-corrected chi connectivity index (χ2v) is 4.47. The van der Waals surface area contributed by atoms with Gasteiger partial charge in [0.25, 0.3) is 0 Å². The van der Waals surface area contributed by atoms with Gasteiger partial charge < -0.3 is 10.2 Å². The SMILES string of the molecule is CN(CCn1cncn1)C1CCCNCC1. The van der Waals surface area contributed by atoms with Crippen molar-refractivity contribution in [2.75, 3.05) is 26.7 Å². The van der Waals surface area contributed by atoms with E-state index in [9.17, 15) is 0 Å². The van der Waals surface area contributed by atoms with Crippen molar-refractivity contribution in [2.24, 2.45) is 0 Å². The summed E-state index contributed by atoms with van der Waals surface area (Å²) in [5.74, 6) is 0. The van der Waals surface area contributed by atoms with Crippen LogP contribution in [0.4, 0.5) is 0 Å². The van der Waals surface area contributed by atoms with Crippen molar-refractivity contribution in [3.63, 3.8) is 0 Å². The average Bonchev–Trinajstić information content (AvgIpc) is 2.66. The zero-order chi connectivity index (χ0) is 11.2. The molecule has 1 atom stereocenters. The largest absolute Gasteiger partial charge is 0.317 e. The highest BCUT2D eigenvalue weighted by Gasteiger charge is 2.16. The molecule has 1 N–H and O–H groups in total. The number of nitrogens with zero attached hydrogens (tertiary/aromatic N) is 4. The maximum atomic E-state index is 4.12. The van der Waals surface area contributed by atoms with E-state index in [0.717, 1.165) is 25.7 Å². The molecule has 1 aliphatic rings. The highest BCUT2D eigenvalue weighted by atomic mass is 15.3. The van der Waals surface area contributed by atoms with E-state index >= 15 is 0 Å². The van der Waals surface area contributed by atoms with E-state index in [1.807, 2.05) is 4.68 Å². The van der Waals surface area contributed by atoms with Crippen LogP contribution in [0.15, 0.2) is 12.7 Å². The fourth-order valence-corrected chi connectivity index (χ4v) is 2.23. The van der Waals surface area contributed by atoms with Gasteiger partial charge in [-0.3, -0.25) is 4.68 Å². The minimum absolute atomic E-state index is 0.721. The van der Waals surface area contributed by atoms with Gasteiger partial charge in [-0.05, 0) is 39.4 Å². The quantitative estimate of drug-likeness (QED) is 0.800. The Labute approximate surface area is 96.8 Å². The van der Waals surface area contributed by atoms with Crippen LogP contribution in [0.2, 0.25) is 0 Å². The van der Waals surface area contributed by atoms with Crippen LogP contribution >= 0.6 is 0 Å². The third-order valence-electron chi connectivity index (χ3n) is 3.32. The molecular weight excluding hydrogens is 202 g/mol. The lowest BCUT2D eigenvalue weighted by Gasteiger charge is -2.26. The van der Waals surface area contributed by atoms with E-state index in [1.165, 1.54) is 25.8 Å².